The van der Waals surface area contributed by atoms with Crippen molar-refractivity contribution in [1.29, 1.82) is 0 Å². The molecule has 134 valence electrons. The fraction of sp³-hybridized carbons (Fsp3) is 0.176. The molecule has 0 atom stereocenters. The maximum absolute atomic E-state index is 12.5. The third kappa shape index (κ3) is 4.31. The van der Waals surface area contributed by atoms with Crippen molar-refractivity contribution < 1.29 is 13.2 Å². The fourth-order valence-corrected chi connectivity index (χ4v) is 3.30. The van der Waals surface area contributed by atoms with Crippen LogP contribution in [0.5, 0.6) is 0 Å². The molecule has 3 rings (SSSR count). The number of sulfone groups is 1. The highest BCUT2D eigenvalue weighted by molar-refractivity contribution is 7.89. The molecule has 0 fully saturated rings. The van der Waals surface area contributed by atoms with Gasteiger partial charge in [0.25, 0.3) is 5.91 Å². The highest BCUT2D eigenvalue weighted by Crippen LogP contribution is 2.20. The minimum Gasteiger partial charge on any atom is -0.322 e. The van der Waals surface area contributed by atoms with Crippen molar-refractivity contribution in [3.8, 4) is 11.4 Å². The molecule has 1 N–H and O–H groups in total. The molecule has 0 spiro atoms. The number of hydrogen-bond donors (Lipinski definition) is 1. The summed E-state index contributed by atoms with van der Waals surface area (Å²) in [5, 5.41) is 14.1. The lowest BCUT2D eigenvalue weighted by Crippen LogP contribution is -2.12. The molecule has 3 aromatic rings. The predicted octanol–water partition coefficient (Wildman–Crippen LogP) is 1.67. The van der Waals surface area contributed by atoms with Gasteiger partial charge < -0.3 is 5.32 Å². The number of hydrogen-bond acceptors (Lipinski definition) is 6. The molecule has 1 aromatic heterocycles. The van der Waals surface area contributed by atoms with Crippen LogP contribution in [0.3, 0.4) is 0 Å². The van der Waals surface area contributed by atoms with Crippen LogP contribution in [-0.4, -0.2) is 40.8 Å². The Labute approximate surface area is 150 Å². The Hall–Kier alpha value is -3.07. The number of nitrogens with zero attached hydrogens (tertiary/aromatic N) is 4. The average molecular weight is 371 g/mol. The largest absolute Gasteiger partial charge is 0.322 e. The molecule has 0 unspecified atom stereocenters. The number of anilines is 1. The second-order valence-electron chi connectivity index (χ2n) is 5.93. The lowest BCUT2D eigenvalue weighted by Gasteiger charge is -2.08. The lowest BCUT2D eigenvalue weighted by atomic mass is 10.1. The minimum atomic E-state index is -3.17. The van der Waals surface area contributed by atoms with Crippen molar-refractivity contribution in [1.82, 2.24) is 20.2 Å². The van der Waals surface area contributed by atoms with Gasteiger partial charge in [0.1, 0.15) is 0 Å². The standard InChI is InChI=1S/C17H17N5O3S/c1-22-16(19-20-21-22)13-6-4-8-15(10-13)18-17(23)14-7-3-5-12(9-14)11-26(2,24)25/h3-10H,11H2,1-2H3,(H,18,23). The van der Waals surface area contributed by atoms with E-state index in [0.717, 1.165) is 11.8 Å². The number of carbonyl (C=O) groups is 1. The first-order chi connectivity index (χ1) is 12.3. The van der Waals surface area contributed by atoms with Crippen LogP contribution in [0, 0.1) is 0 Å². The van der Waals surface area contributed by atoms with E-state index in [1.165, 1.54) is 4.68 Å². The van der Waals surface area contributed by atoms with Crippen molar-refractivity contribution >= 4 is 21.4 Å². The molecule has 0 aliphatic rings. The predicted molar refractivity (Wildman–Crippen MR) is 97.2 cm³/mol. The number of aromatic nitrogens is 4. The number of aryl methyl sites for hydroxylation is 1. The Bertz CT molecular complexity index is 1060. The molecule has 0 aliphatic heterocycles. The summed E-state index contributed by atoms with van der Waals surface area (Å²) in [6.07, 6.45) is 1.16. The first kappa shape index (κ1) is 17.7. The van der Waals surface area contributed by atoms with Gasteiger partial charge in [0.15, 0.2) is 15.7 Å². The lowest BCUT2D eigenvalue weighted by molar-refractivity contribution is 0.102. The second kappa shape index (κ2) is 7.04. The van der Waals surface area contributed by atoms with E-state index >= 15 is 0 Å². The van der Waals surface area contributed by atoms with Crippen LogP contribution >= 0.6 is 0 Å². The van der Waals surface area contributed by atoms with E-state index in [0.29, 0.717) is 22.6 Å². The normalized spacial score (nSPS) is 11.3. The van der Waals surface area contributed by atoms with Crippen LogP contribution < -0.4 is 5.32 Å². The van der Waals surface area contributed by atoms with Crippen LogP contribution in [0.25, 0.3) is 11.4 Å². The van der Waals surface area contributed by atoms with Gasteiger partial charge in [-0.05, 0) is 40.3 Å². The van der Waals surface area contributed by atoms with Crippen LogP contribution in [0.15, 0.2) is 48.5 Å². The summed E-state index contributed by atoms with van der Waals surface area (Å²) in [5.74, 6) is 0.146. The zero-order chi connectivity index (χ0) is 18.7. The molecule has 0 aliphatic carbocycles. The summed E-state index contributed by atoms with van der Waals surface area (Å²) in [7, 11) is -1.44. The van der Waals surface area contributed by atoms with E-state index in [1.54, 1.807) is 49.5 Å². The quantitative estimate of drug-likeness (QED) is 0.731. The molecule has 0 bridgehead atoms. The van der Waals surface area contributed by atoms with Crippen molar-refractivity contribution in [3.05, 3.63) is 59.7 Å². The number of amides is 1. The second-order valence-corrected chi connectivity index (χ2v) is 8.07. The van der Waals surface area contributed by atoms with Crippen LogP contribution in [-0.2, 0) is 22.6 Å². The van der Waals surface area contributed by atoms with Crippen LogP contribution in [0.1, 0.15) is 15.9 Å². The maximum Gasteiger partial charge on any atom is 0.255 e. The van der Waals surface area contributed by atoms with Gasteiger partial charge in [-0.2, -0.15) is 0 Å². The van der Waals surface area contributed by atoms with E-state index in [4.69, 9.17) is 0 Å². The summed E-state index contributed by atoms with van der Waals surface area (Å²) in [6, 6.07) is 13.7. The Kier molecular flexibility index (Phi) is 4.81. The van der Waals surface area contributed by atoms with Crippen molar-refractivity contribution in [2.24, 2.45) is 7.05 Å². The van der Waals surface area contributed by atoms with Crippen molar-refractivity contribution in [2.45, 2.75) is 5.75 Å². The molecule has 1 heterocycles. The Morgan fingerprint density at radius 1 is 1.15 bits per heavy atom. The SMILES string of the molecule is Cn1nnnc1-c1cccc(NC(=O)c2cccc(CS(C)(=O)=O)c2)c1. The van der Waals surface area contributed by atoms with Gasteiger partial charge in [-0.25, -0.2) is 13.1 Å². The first-order valence-corrected chi connectivity index (χ1v) is 9.79. The molecule has 26 heavy (non-hydrogen) atoms. The number of tetrazole rings is 1. The molecule has 8 nitrogen and oxygen atoms in total. The molecular weight excluding hydrogens is 354 g/mol. The highest BCUT2D eigenvalue weighted by atomic mass is 32.2. The Morgan fingerprint density at radius 2 is 1.92 bits per heavy atom. The molecule has 1 amide bonds. The third-order valence-electron chi connectivity index (χ3n) is 3.62. The summed E-state index contributed by atoms with van der Waals surface area (Å²) < 4.78 is 24.4. The minimum absolute atomic E-state index is 0.108. The van der Waals surface area contributed by atoms with Crippen LogP contribution in [0.4, 0.5) is 5.69 Å². The molecule has 0 saturated heterocycles. The summed E-state index contributed by atoms with van der Waals surface area (Å²) in [6.45, 7) is 0. The zero-order valence-electron chi connectivity index (χ0n) is 14.2. The van der Waals surface area contributed by atoms with Gasteiger partial charge in [0.2, 0.25) is 0 Å². The van der Waals surface area contributed by atoms with Crippen LogP contribution in [0.2, 0.25) is 0 Å². The smallest absolute Gasteiger partial charge is 0.255 e. The number of carbonyl (C=O) groups excluding carboxylic acids is 1. The van der Waals surface area contributed by atoms with E-state index in [1.807, 2.05) is 6.07 Å². The fourth-order valence-electron chi connectivity index (χ4n) is 2.52. The van der Waals surface area contributed by atoms with E-state index < -0.39 is 9.84 Å². The molecule has 0 radical (unpaired) electrons. The summed E-state index contributed by atoms with van der Waals surface area (Å²) in [4.78, 5) is 12.5. The van der Waals surface area contributed by atoms with E-state index in [-0.39, 0.29) is 11.7 Å². The number of rotatable bonds is 5. The van der Waals surface area contributed by atoms with Gasteiger partial charge in [-0.1, -0.05) is 24.3 Å². The molecule has 0 saturated carbocycles. The average Bonchev–Trinajstić information content (AvgIpc) is 3.00. The first-order valence-electron chi connectivity index (χ1n) is 7.73. The van der Waals surface area contributed by atoms with Gasteiger partial charge in [0.05, 0.1) is 5.75 Å². The third-order valence-corrected chi connectivity index (χ3v) is 4.47. The number of benzene rings is 2. The topological polar surface area (TPSA) is 107 Å². The van der Waals surface area contributed by atoms with Gasteiger partial charge in [-0.3, -0.25) is 4.79 Å². The molecular formula is C17H17N5O3S. The van der Waals surface area contributed by atoms with Crippen molar-refractivity contribution in [2.75, 3.05) is 11.6 Å². The monoisotopic (exact) mass is 371 g/mol. The molecule has 9 heteroatoms. The van der Waals surface area contributed by atoms with Gasteiger partial charge in [-0.15, -0.1) is 5.10 Å². The van der Waals surface area contributed by atoms with Gasteiger partial charge >= 0.3 is 0 Å². The van der Waals surface area contributed by atoms with Gasteiger partial charge in [0, 0.05) is 30.1 Å². The maximum atomic E-state index is 12.5. The Morgan fingerprint density at radius 3 is 2.62 bits per heavy atom. The molecule has 2 aromatic carbocycles. The van der Waals surface area contributed by atoms with E-state index in [2.05, 4.69) is 20.8 Å². The number of nitrogens with one attached hydrogen (secondary N) is 1. The Balaban J connectivity index is 1.80. The highest BCUT2D eigenvalue weighted by Gasteiger charge is 2.11. The summed E-state index contributed by atoms with van der Waals surface area (Å²) in [5.41, 5.74) is 2.31. The van der Waals surface area contributed by atoms with Crippen molar-refractivity contribution in [3.63, 3.8) is 0 Å². The van der Waals surface area contributed by atoms with E-state index in [9.17, 15) is 13.2 Å². The summed E-state index contributed by atoms with van der Waals surface area (Å²) >= 11 is 0. The zero-order valence-corrected chi connectivity index (χ0v) is 15.1.